The highest BCUT2D eigenvalue weighted by atomic mass is 35.5. The maximum absolute atomic E-state index is 12.2. The lowest BCUT2D eigenvalue weighted by atomic mass is 9.60. The number of nitrogens with one attached hydrogen (secondary N) is 1. The molecular weight excluding hydrogens is 298 g/mol. The Morgan fingerprint density at radius 3 is 2.77 bits per heavy atom. The van der Waals surface area contributed by atoms with E-state index in [0.717, 1.165) is 49.5 Å². The summed E-state index contributed by atoms with van der Waals surface area (Å²) in [5.41, 5.74) is 2.57. The highest BCUT2D eigenvalue weighted by molar-refractivity contribution is 6.31. The van der Waals surface area contributed by atoms with Crippen molar-refractivity contribution in [3.63, 3.8) is 0 Å². The maximum Gasteiger partial charge on any atom is 0.220 e. The predicted octanol–water partition coefficient (Wildman–Crippen LogP) is 3.66. The molecule has 1 N–H and O–H groups in total. The molecule has 1 aliphatic heterocycles. The number of benzene rings is 1. The molecule has 0 aromatic heterocycles. The van der Waals surface area contributed by atoms with Gasteiger partial charge in [-0.2, -0.15) is 0 Å². The zero-order chi connectivity index (χ0) is 15.6. The first-order chi connectivity index (χ1) is 10.6. The second-order valence-electron chi connectivity index (χ2n) is 6.72. The zero-order valence-corrected chi connectivity index (χ0v) is 13.9. The molecule has 2 fully saturated rings. The molecule has 1 aromatic carbocycles. The van der Waals surface area contributed by atoms with Gasteiger partial charge in [-0.15, -0.1) is 0 Å². The minimum atomic E-state index is 0.170. The first-order valence-electron chi connectivity index (χ1n) is 8.21. The molecule has 3 nitrogen and oxygen atoms in total. The molecule has 22 heavy (non-hydrogen) atoms. The van der Waals surface area contributed by atoms with Crippen molar-refractivity contribution >= 4 is 17.5 Å². The Morgan fingerprint density at radius 1 is 1.36 bits per heavy atom. The quantitative estimate of drug-likeness (QED) is 0.919. The van der Waals surface area contributed by atoms with Crippen LogP contribution in [0.3, 0.4) is 0 Å². The Labute approximate surface area is 137 Å². The van der Waals surface area contributed by atoms with Crippen LogP contribution in [0.5, 0.6) is 0 Å². The Balaban J connectivity index is 1.49. The Kier molecular flexibility index (Phi) is 4.74. The van der Waals surface area contributed by atoms with Crippen LogP contribution in [0.25, 0.3) is 0 Å². The van der Waals surface area contributed by atoms with E-state index in [0.29, 0.717) is 17.9 Å². The van der Waals surface area contributed by atoms with Crippen molar-refractivity contribution < 1.29 is 9.53 Å². The molecule has 2 aliphatic rings. The summed E-state index contributed by atoms with van der Waals surface area (Å²) in [7, 11) is 0. The van der Waals surface area contributed by atoms with Gasteiger partial charge in [-0.3, -0.25) is 4.79 Å². The predicted molar refractivity (Wildman–Crippen MR) is 88.2 cm³/mol. The largest absolute Gasteiger partial charge is 0.381 e. The molecule has 1 unspecified atom stereocenters. The van der Waals surface area contributed by atoms with Crippen LogP contribution < -0.4 is 5.32 Å². The third-order valence-corrected chi connectivity index (χ3v) is 5.78. The van der Waals surface area contributed by atoms with Crippen molar-refractivity contribution in [2.45, 2.75) is 51.5 Å². The minimum Gasteiger partial charge on any atom is -0.381 e. The summed E-state index contributed by atoms with van der Waals surface area (Å²) < 4.78 is 5.46. The Morgan fingerprint density at radius 2 is 2.14 bits per heavy atom. The summed E-state index contributed by atoms with van der Waals surface area (Å²) >= 11 is 6.03. The third kappa shape index (κ3) is 3.31. The van der Waals surface area contributed by atoms with E-state index in [4.69, 9.17) is 16.3 Å². The molecule has 120 valence electrons. The van der Waals surface area contributed by atoms with Crippen LogP contribution in [0.4, 0.5) is 0 Å². The number of hydrogen-bond acceptors (Lipinski definition) is 2. The third-order valence-electron chi connectivity index (χ3n) is 5.36. The van der Waals surface area contributed by atoms with Crippen LogP contribution in [0, 0.1) is 12.3 Å². The number of amides is 1. The molecule has 4 heteroatoms. The molecule has 1 heterocycles. The van der Waals surface area contributed by atoms with E-state index < -0.39 is 0 Å². The molecule has 1 atom stereocenters. The van der Waals surface area contributed by atoms with Gasteiger partial charge < -0.3 is 10.1 Å². The number of rotatable bonds is 4. The second kappa shape index (κ2) is 6.59. The van der Waals surface area contributed by atoms with Gasteiger partial charge in [-0.05, 0) is 61.6 Å². The number of aryl methyl sites for hydroxylation is 2. The molecule has 0 radical (unpaired) electrons. The first kappa shape index (κ1) is 15.8. The lowest BCUT2D eigenvalue weighted by Gasteiger charge is -2.52. The summed E-state index contributed by atoms with van der Waals surface area (Å²) in [6.45, 7) is 3.68. The average molecular weight is 322 g/mol. The Bertz CT molecular complexity index is 552. The summed E-state index contributed by atoms with van der Waals surface area (Å²) in [5, 5.41) is 4.03. The van der Waals surface area contributed by atoms with E-state index in [9.17, 15) is 4.79 Å². The maximum atomic E-state index is 12.2. The summed E-state index contributed by atoms with van der Waals surface area (Å²) in [6.07, 6.45) is 5.85. The van der Waals surface area contributed by atoms with Gasteiger partial charge in [-0.25, -0.2) is 0 Å². The fourth-order valence-electron chi connectivity index (χ4n) is 3.69. The monoisotopic (exact) mass is 321 g/mol. The normalized spacial score (nSPS) is 23.1. The van der Waals surface area contributed by atoms with Crippen molar-refractivity contribution in [2.75, 3.05) is 13.2 Å². The number of carbonyl (C=O) groups excluding carboxylic acids is 1. The van der Waals surface area contributed by atoms with Crippen LogP contribution in [0.15, 0.2) is 18.2 Å². The van der Waals surface area contributed by atoms with Crippen LogP contribution in [-0.4, -0.2) is 25.2 Å². The van der Waals surface area contributed by atoms with Crippen molar-refractivity contribution in [1.29, 1.82) is 0 Å². The molecular formula is C18H24ClNO2. The topological polar surface area (TPSA) is 38.3 Å². The Hall–Kier alpha value is -1.06. The highest BCUT2D eigenvalue weighted by Crippen LogP contribution is 2.48. The van der Waals surface area contributed by atoms with E-state index in [2.05, 4.69) is 11.4 Å². The van der Waals surface area contributed by atoms with Crippen molar-refractivity contribution in [3.05, 3.63) is 34.3 Å². The SMILES string of the molecule is Cc1cc(CCC(=O)NC2CCC23CCOCC3)ccc1Cl. The fraction of sp³-hybridized carbons (Fsp3) is 0.611. The van der Waals surface area contributed by atoms with Gasteiger partial charge in [0, 0.05) is 30.7 Å². The molecule has 1 aromatic rings. The molecule has 1 amide bonds. The summed E-state index contributed by atoms with van der Waals surface area (Å²) in [4.78, 5) is 12.2. The van der Waals surface area contributed by atoms with E-state index >= 15 is 0 Å². The summed E-state index contributed by atoms with van der Waals surface area (Å²) in [6, 6.07) is 6.34. The first-order valence-corrected chi connectivity index (χ1v) is 8.59. The molecule has 1 saturated heterocycles. The van der Waals surface area contributed by atoms with Crippen molar-refractivity contribution in [2.24, 2.45) is 5.41 Å². The zero-order valence-electron chi connectivity index (χ0n) is 13.2. The lowest BCUT2D eigenvalue weighted by Crippen LogP contribution is -2.57. The van der Waals surface area contributed by atoms with E-state index in [-0.39, 0.29) is 5.91 Å². The lowest BCUT2D eigenvalue weighted by molar-refractivity contribution is -0.127. The highest BCUT2D eigenvalue weighted by Gasteiger charge is 2.47. The number of carbonyl (C=O) groups is 1. The standard InChI is InChI=1S/C18H24ClNO2/c1-13-12-14(2-4-15(13)19)3-5-17(21)20-16-6-7-18(16)8-10-22-11-9-18/h2,4,12,16H,3,5-11H2,1H3,(H,20,21). The van der Waals surface area contributed by atoms with Gasteiger partial charge >= 0.3 is 0 Å². The molecule has 3 rings (SSSR count). The molecule has 1 spiro atoms. The van der Waals surface area contributed by atoms with Gasteiger partial charge in [0.05, 0.1) is 0 Å². The van der Waals surface area contributed by atoms with Crippen LogP contribution in [0.2, 0.25) is 5.02 Å². The minimum absolute atomic E-state index is 0.170. The molecule has 1 aliphatic carbocycles. The molecule has 1 saturated carbocycles. The van der Waals surface area contributed by atoms with Gasteiger partial charge in [0.2, 0.25) is 5.91 Å². The van der Waals surface area contributed by atoms with Crippen LogP contribution in [-0.2, 0) is 16.0 Å². The second-order valence-corrected chi connectivity index (χ2v) is 7.12. The van der Waals surface area contributed by atoms with E-state index in [1.165, 1.54) is 12.0 Å². The van der Waals surface area contributed by atoms with E-state index in [1.54, 1.807) is 0 Å². The van der Waals surface area contributed by atoms with E-state index in [1.807, 2.05) is 19.1 Å². The fourth-order valence-corrected chi connectivity index (χ4v) is 3.80. The smallest absolute Gasteiger partial charge is 0.220 e. The number of hydrogen-bond donors (Lipinski definition) is 1. The average Bonchev–Trinajstić information content (AvgIpc) is 2.53. The van der Waals surface area contributed by atoms with Gasteiger partial charge in [0.1, 0.15) is 0 Å². The van der Waals surface area contributed by atoms with Crippen LogP contribution >= 0.6 is 11.6 Å². The van der Waals surface area contributed by atoms with Gasteiger partial charge in [0.15, 0.2) is 0 Å². The van der Waals surface area contributed by atoms with Gasteiger partial charge in [-0.1, -0.05) is 23.7 Å². The number of halogens is 1. The number of ether oxygens (including phenoxy) is 1. The van der Waals surface area contributed by atoms with Gasteiger partial charge in [0.25, 0.3) is 0 Å². The molecule has 0 bridgehead atoms. The van der Waals surface area contributed by atoms with Crippen molar-refractivity contribution in [1.82, 2.24) is 5.32 Å². The van der Waals surface area contributed by atoms with Crippen LogP contribution in [0.1, 0.15) is 43.2 Å². The van der Waals surface area contributed by atoms with Crippen molar-refractivity contribution in [3.8, 4) is 0 Å². The summed E-state index contributed by atoms with van der Waals surface area (Å²) in [5.74, 6) is 0.170.